The lowest BCUT2D eigenvalue weighted by atomic mass is 9.98. The second-order valence-electron chi connectivity index (χ2n) is 8.77. The van der Waals surface area contributed by atoms with Crippen LogP contribution in [0.3, 0.4) is 0 Å². The number of methoxy groups -OCH3 is 1. The standard InChI is InChI=1S/C20H20ClFN4O2.C17H4/c1-27-17-10-23-9-15-18(17)19(25-20(21)24-15)26-8-4-5-13(11-26)12-28-16-7-3-2-6-14(16)22;1-3-5-7-9-11-13-15-17-16-14-12-10-8-6-4-2/h2-3,6-7,9-10,13H,4-5,8,11-12H2,1H3;1H,2H3/t13-;/m1./s1. The number of anilines is 1. The van der Waals surface area contributed by atoms with Crippen LogP contribution in [0.15, 0.2) is 36.7 Å². The summed E-state index contributed by atoms with van der Waals surface area (Å²) in [5, 5.41) is 0.958. The van der Waals surface area contributed by atoms with Crippen LogP contribution >= 0.6 is 11.6 Å². The fourth-order valence-electron chi connectivity index (χ4n) is 4.00. The number of rotatable bonds is 5. The molecule has 4 rings (SSSR count). The average Bonchev–Trinajstić information content (AvgIpc) is 3.06. The molecule has 0 N–H and O–H groups in total. The first-order chi connectivity index (χ1) is 22.1. The minimum absolute atomic E-state index is 0.169. The number of fused-ring (bicyclic) bond motifs is 1. The van der Waals surface area contributed by atoms with E-state index in [1.807, 2.05) is 0 Å². The summed E-state index contributed by atoms with van der Waals surface area (Å²) in [5.74, 6) is 38.4. The number of halogens is 2. The lowest BCUT2D eigenvalue weighted by Crippen LogP contribution is -2.38. The third kappa shape index (κ3) is 11.2. The smallest absolute Gasteiger partial charge is 0.224 e. The van der Waals surface area contributed by atoms with E-state index in [-0.39, 0.29) is 22.8 Å². The van der Waals surface area contributed by atoms with Crippen molar-refractivity contribution in [1.29, 1.82) is 0 Å². The molecule has 1 aliphatic rings. The maximum Gasteiger partial charge on any atom is 0.224 e. The zero-order valence-electron chi connectivity index (χ0n) is 24.5. The zero-order valence-corrected chi connectivity index (χ0v) is 25.3. The quantitative estimate of drug-likeness (QED) is 0.306. The van der Waals surface area contributed by atoms with Gasteiger partial charge in [0.2, 0.25) is 5.28 Å². The summed E-state index contributed by atoms with van der Waals surface area (Å²) in [6.07, 6.45) is 10.2. The predicted molar refractivity (Wildman–Crippen MR) is 175 cm³/mol. The summed E-state index contributed by atoms with van der Waals surface area (Å²) < 4.78 is 25.0. The molecule has 6 nitrogen and oxygen atoms in total. The highest BCUT2D eigenvalue weighted by atomic mass is 35.5. The molecular formula is C37H24ClFN4O2. The van der Waals surface area contributed by atoms with E-state index in [1.165, 1.54) is 6.07 Å². The molecule has 218 valence electrons. The van der Waals surface area contributed by atoms with Crippen LogP contribution in [0.1, 0.15) is 19.8 Å². The summed E-state index contributed by atoms with van der Waals surface area (Å²) in [6, 6.07) is 6.46. The molecule has 1 saturated heterocycles. The van der Waals surface area contributed by atoms with Gasteiger partial charge in [-0.1, -0.05) is 18.1 Å². The maximum atomic E-state index is 13.8. The fraction of sp³-hybridized carbons (Fsp3) is 0.216. The molecule has 0 spiro atoms. The van der Waals surface area contributed by atoms with Crippen LogP contribution in [0, 0.1) is 107 Å². The molecule has 0 saturated carbocycles. The van der Waals surface area contributed by atoms with Crippen LogP contribution in [0.25, 0.3) is 10.9 Å². The normalized spacial score (nSPS) is 12.0. The van der Waals surface area contributed by atoms with Gasteiger partial charge in [-0.05, 0) is 126 Å². The number of para-hydroxylation sites is 1. The Morgan fingerprint density at radius 1 is 0.911 bits per heavy atom. The molecule has 8 heteroatoms. The minimum Gasteiger partial charge on any atom is -0.494 e. The number of hydrogen-bond acceptors (Lipinski definition) is 6. The van der Waals surface area contributed by atoms with Crippen LogP contribution in [0.2, 0.25) is 5.28 Å². The van der Waals surface area contributed by atoms with E-state index >= 15 is 0 Å². The molecule has 3 heterocycles. The zero-order chi connectivity index (χ0) is 32.1. The Morgan fingerprint density at radius 2 is 1.56 bits per heavy atom. The first kappa shape index (κ1) is 33.3. The van der Waals surface area contributed by atoms with E-state index < -0.39 is 0 Å². The lowest BCUT2D eigenvalue weighted by Gasteiger charge is -2.34. The molecule has 0 bridgehead atoms. The van der Waals surface area contributed by atoms with Crippen LogP contribution in [0.5, 0.6) is 11.5 Å². The molecule has 1 aliphatic heterocycles. The number of benzene rings is 1. The van der Waals surface area contributed by atoms with Crippen molar-refractivity contribution < 1.29 is 13.9 Å². The first-order valence-corrected chi connectivity index (χ1v) is 13.8. The fourth-order valence-corrected chi connectivity index (χ4v) is 4.17. The van der Waals surface area contributed by atoms with Gasteiger partial charge in [0, 0.05) is 19.0 Å². The Bertz CT molecular complexity index is 2020. The van der Waals surface area contributed by atoms with Crippen LogP contribution in [-0.2, 0) is 0 Å². The second kappa shape index (κ2) is 19.1. The third-order valence-corrected chi connectivity index (χ3v) is 5.99. The van der Waals surface area contributed by atoms with Gasteiger partial charge in [0.15, 0.2) is 11.6 Å². The second-order valence-corrected chi connectivity index (χ2v) is 9.11. The van der Waals surface area contributed by atoms with Gasteiger partial charge in [0.25, 0.3) is 0 Å². The van der Waals surface area contributed by atoms with E-state index in [0.29, 0.717) is 17.9 Å². The van der Waals surface area contributed by atoms with Crippen LogP contribution in [-0.4, -0.2) is 41.8 Å². The Kier molecular flexibility index (Phi) is 14.1. The highest BCUT2D eigenvalue weighted by molar-refractivity contribution is 6.29. The van der Waals surface area contributed by atoms with Gasteiger partial charge in [-0.3, -0.25) is 4.98 Å². The summed E-state index contributed by atoms with van der Waals surface area (Å²) in [4.78, 5) is 15.0. The maximum absolute atomic E-state index is 13.8. The number of ether oxygens (including phenoxy) is 2. The molecule has 0 aliphatic carbocycles. The van der Waals surface area contributed by atoms with Crippen molar-refractivity contribution in [1.82, 2.24) is 15.0 Å². The number of terminal acetylenes is 1. The minimum atomic E-state index is -0.346. The van der Waals surface area contributed by atoms with Crippen molar-refractivity contribution in [2.45, 2.75) is 19.8 Å². The number of aromatic nitrogens is 3. The average molecular weight is 611 g/mol. The highest BCUT2D eigenvalue weighted by Gasteiger charge is 2.25. The monoisotopic (exact) mass is 610 g/mol. The van der Waals surface area contributed by atoms with Crippen molar-refractivity contribution in [2.24, 2.45) is 5.92 Å². The van der Waals surface area contributed by atoms with Gasteiger partial charge < -0.3 is 14.4 Å². The number of nitrogens with zero attached hydrogens (tertiary/aromatic N) is 4. The van der Waals surface area contributed by atoms with Gasteiger partial charge in [0.05, 0.1) is 37.0 Å². The van der Waals surface area contributed by atoms with E-state index in [1.54, 1.807) is 44.6 Å². The van der Waals surface area contributed by atoms with Gasteiger partial charge in [-0.15, -0.1) is 6.42 Å². The molecule has 2 aromatic heterocycles. The third-order valence-electron chi connectivity index (χ3n) is 5.82. The van der Waals surface area contributed by atoms with Gasteiger partial charge in [0.1, 0.15) is 11.6 Å². The van der Waals surface area contributed by atoms with Crippen molar-refractivity contribution in [3.8, 4) is 107 Å². The number of hydrogen-bond donors (Lipinski definition) is 0. The van der Waals surface area contributed by atoms with Crippen molar-refractivity contribution in [3.05, 3.63) is 47.8 Å². The van der Waals surface area contributed by atoms with Gasteiger partial charge >= 0.3 is 0 Å². The highest BCUT2D eigenvalue weighted by Crippen LogP contribution is 2.34. The summed E-state index contributed by atoms with van der Waals surface area (Å²) >= 11 is 6.15. The topological polar surface area (TPSA) is 60.4 Å². The lowest BCUT2D eigenvalue weighted by molar-refractivity contribution is 0.221. The Morgan fingerprint density at radius 3 is 2.18 bits per heavy atom. The van der Waals surface area contributed by atoms with E-state index in [2.05, 4.69) is 109 Å². The molecule has 0 unspecified atom stereocenters. The number of pyridine rings is 1. The molecule has 0 radical (unpaired) electrons. The summed E-state index contributed by atoms with van der Waals surface area (Å²) in [6.45, 7) is 3.70. The van der Waals surface area contributed by atoms with Crippen LogP contribution in [0.4, 0.5) is 10.2 Å². The number of piperidine rings is 1. The van der Waals surface area contributed by atoms with Crippen molar-refractivity contribution >= 4 is 28.3 Å². The molecule has 1 fully saturated rings. The molecular weight excluding hydrogens is 587 g/mol. The van der Waals surface area contributed by atoms with Crippen molar-refractivity contribution in [2.75, 3.05) is 31.7 Å². The van der Waals surface area contributed by atoms with E-state index in [9.17, 15) is 4.39 Å². The molecule has 1 aromatic carbocycles. The Balaban J connectivity index is 0.000000281. The van der Waals surface area contributed by atoms with Gasteiger partial charge in [-0.2, -0.15) is 4.98 Å². The SMILES string of the molecule is C#CC#CC#CC#CC#CC#CC#CC#CC.COc1cncc2nc(Cl)nc(N3CCC[C@@H](COc4ccccc4F)C3)c12. The van der Waals surface area contributed by atoms with E-state index in [0.717, 1.165) is 37.1 Å². The molecule has 1 atom stereocenters. The Hall–Kier alpha value is -6.19. The first-order valence-electron chi connectivity index (χ1n) is 13.4. The molecule has 45 heavy (non-hydrogen) atoms. The van der Waals surface area contributed by atoms with Gasteiger partial charge in [-0.25, -0.2) is 9.37 Å². The van der Waals surface area contributed by atoms with Crippen LogP contribution < -0.4 is 14.4 Å². The molecule has 3 aromatic rings. The summed E-state index contributed by atoms with van der Waals surface area (Å²) in [7, 11) is 1.59. The predicted octanol–water partition coefficient (Wildman–Crippen LogP) is 4.78. The molecule has 0 amide bonds. The Labute approximate surface area is 268 Å². The van der Waals surface area contributed by atoms with Crippen molar-refractivity contribution in [3.63, 3.8) is 0 Å². The summed E-state index contributed by atoms with van der Waals surface area (Å²) in [5.41, 5.74) is 0.638. The van der Waals surface area contributed by atoms with E-state index in [4.69, 9.17) is 27.5 Å². The largest absolute Gasteiger partial charge is 0.494 e.